The molecule has 0 amide bonds. The Kier molecular flexibility index (Phi) is 4.43. The Balaban J connectivity index is 2.31. The van der Waals surface area contributed by atoms with Crippen molar-refractivity contribution in [2.24, 2.45) is 0 Å². The molecule has 0 saturated heterocycles. The van der Waals surface area contributed by atoms with Crippen LogP contribution in [0.15, 0.2) is 53.6 Å². The Morgan fingerprint density at radius 1 is 1.00 bits per heavy atom. The van der Waals surface area contributed by atoms with E-state index in [4.69, 9.17) is 0 Å². The molecule has 3 nitrogen and oxygen atoms in total. The molecular formula is C15H19NO2S. The van der Waals surface area contributed by atoms with Crippen LogP contribution < -0.4 is 0 Å². The van der Waals surface area contributed by atoms with Crippen molar-refractivity contribution in [1.29, 1.82) is 0 Å². The van der Waals surface area contributed by atoms with Crippen molar-refractivity contribution in [2.45, 2.75) is 31.1 Å². The summed E-state index contributed by atoms with van der Waals surface area (Å²) in [6.45, 7) is 2.34. The Bertz CT molecular complexity index is 571. The van der Waals surface area contributed by atoms with Crippen LogP contribution in [0.4, 0.5) is 0 Å². The molecule has 0 atom stereocenters. The normalized spacial score (nSPS) is 20.2. The largest absolute Gasteiger partial charge is 0.270 e. The van der Waals surface area contributed by atoms with Gasteiger partial charge in [-0.15, -0.1) is 0 Å². The molecule has 0 aliphatic carbocycles. The lowest BCUT2D eigenvalue weighted by atomic mass is 10.2. The molecule has 0 spiro atoms. The maximum absolute atomic E-state index is 12.5. The summed E-state index contributed by atoms with van der Waals surface area (Å²) in [7, 11) is -3.44. The first-order valence-corrected chi connectivity index (χ1v) is 7.95. The third-order valence-electron chi connectivity index (χ3n) is 3.09. The van der Waals surface area contributed by atoms with E-state index >= 15 is 0 Å². The van der Waals surface area contributed by atoms with Crippen LogP contribution in [0.3, 0.4) is 0 Å². The van der Waals surface area contributed by atoms with Crippen molar-refractivity contribution in [2.75, 3.05) is 6.54 Å². The predicted molar refractivity (Wildman–Crippen MR) is 77.2 cm³/mol. The molecule has 2 rings (SSSR count). The zero-order valence-electron chi connectivity index (χ0n) is 11.1. The fourth-order valence-electron chi connectivity index (χ4n) is 1.93. The van der Waals surface area contributed by atoms with Crippen molar-refractivity contribution >= 4 is 10.0 Å². The van der Waals surface area contributed by atoms with Gasteiger partial charge in [-0.25, -0.2) is 8.42 Å². The van der Waals surface area contributed by atoms with E-state index in [1.54, 1.807) is 18.3 Å². The lowest BCUT2D eigenvalue weighted by Crippen LogP contribution is -2.26. The van der Waals surface area contributed by atoms with Gasteiger partial charge in [0.1, 0.15) is 0 Å². The number of hydrogen-bond acceptors (Lipinski definition) is 2. The third kappa shape index (κ3) is 3.47. The van der Waals surface area contributed by atoms with Gasteiger partial charge in [0.25, 0.3) is 10.0 Å². The molecule has 0 bridgehead atoms. The summed E-state index contributed by atoms with van der Waals surface area (Å²) < 4.78 is 26.4. The van der Waals surface area contributed by atoms with Gasteiger partial charge < -0.3 is 0 Å². The second-order valence-electron chi connectivity index (χ2n) is 4.67. The van der Waals surface area contributed by atoms with Crippen molar-refractivity contribution in [3.8, 4) is 0 Å². The summed E-state index contributed by atoms with van der Waals surface area (Å²) in [6, 6.07) is 6.97. The van der Waals surface area contributed by atoms with Gasteiger partial charge in [0, 0.05) is 6.20 Å². The Labute approximate surface area is 115 Å². The number of benzene rings is 1. The predicted octanol–water partition coefficient (Wildman–Crippen LogP) is 3.24. The first kappa shape index (κ1) is 13.9. The summed E-state index contributed by atoms with van der Waals surface area (Å²) in [4.78, 5) is 0.343. The molecule has 0 saturated carbocycles. The standard InChI is InChI=1S/C15H19NO2S/c1-14-8-10-15(11-9-14)19(17,18)16-12-6-4-2-3-5-7-13-16/h4,6-11,13H,2-3,5,12H2,1H3/b6-4-,13-7-. The number of sulfonamides is 1. The number of rotatable bonds is 2. The van der Waals surface area contributed by atoms with Crippen molar-refractivity contribution in [3.05, 3.63) is 54.3 Å². The number of nitrogens with zero attached hydrogens (tertiary/aromatic N) is 1. The minimum Gasteiger partial charge on any atom is -0.270 e. The highest BCUT2D eigenvalue weighted by atomic mass is 32.2. The molecule has 0 aromatic heterocycles. The summed E-state index contributed by atoms with van der Waals surface area (Å²) >= 11 is 0. The highest BCUT2D eigenvalue weighted by Gasteiger charge is 2.20. The minimum absolute atomic E-state index is 0.343. The van der Waals surface area contributed by atoms with Gasteiger partial charge >= 0.3 is 0 Å². The van der Waals surface area contributed by atoms with Crippen LogP contribution in [0, 0.1) is 6.92 Å². The quantitative estimate of drug-likeness (QED) is 0.778. The van der Waals surface area contributed by atoms with E-state index in [9.17, 15) is 8.42 Å². The van der Waals surface area contributed by atoms with E-state index in [-0.39, 0.29) is 0 Å². The van der Waals surface area contributed by atoms with Gasteiger partial charge in [-0.05, 0) is 38.3 Å². The van der Waals surface area contributed by atoms with E-state index < -0.39 is 10.0 Å². The van der Waals surface area contributed by atoms with Crippen LogP contribution >= 0.6 is 0 Å². The Morgan fingerprint density at radius 3 is 2.42 bits per heavy atom. The van der Waals surface area contributed by atoms with Crippen molar-refractivity contribution in [3.63, 3.8) is 0 Å². The molecule has 0 radical (unpaired) electrons. The van der Waals surface area contributed by atoms with Crippen LogP contribution in [0.2, 0.25) is 0 Å². The molecular weight excluding hydrogens is 258 g/mol. The highest BCUT2D eigenvalue weighted by Crippen LogP contribution is 2.18. The molecule has 0 N–H and O–H groups in total. The average molecular weight is 277 g/mol. The fraction of sp³-hybridized carbons (Fsp3) is 0.333. The number of allylic oxidation sites excluding steroid dienone is 2. The number of aryl methyl sites for hydroxylation is 1. The van der Waals surface area contributed by atoms with Gasteiger partial charge in [0.15, 0.2) is 0 Å². The third-order valence-corrected chi connectivity index (χ3v) is 4.85. The maximum Gasteiger partial charge on any atom is 0.264 e. The van der Waals surface area contributed by atoms with Crippen LogP contribution in [0.25, 0.3) is 0 Å². The van der Waals surface area contributed by atoms with Gasteiger partial charge in [0.2, 0.25) is 0 Å². The maximum atomic E-state index is 12.5. The molecule has 0 fully saturated rings. The summed E-state index contributed by atoms with van der Waals surface area (Å²) in [6.07, 6.45) is 10.5. The summed E-state index contributed by atoms with van der Waals surface area (Å²) in [5.41, 5.74) is 1.05. The average Bonchev–Trinajstić information content (AvgIpc) is 2.52. The zero-order chi connectivity index (χ0) is 13.7. The molecule has 19 heavy (non-hydrogen) atoms. The molecule has 1 aliphatic heterocycles. The van der Waals surface area contributed by atoms with Crippen LogP contribution in [-0.4, -0.2) is 19.3 Å². The van der Waals surface area contributed by atoms with Gasteiger partial charge in [-0.1, -0.05) is 35.9 Å². The highest BCUT2D eigenvalue weighted by molar-refractivity contribution is 7.89. The second kappa shape index (κ2) is 6.06. The molecule has 1 aliphatic rings. The van der Waals surface area contributed by atoms with Gasteiger partial charge in [-0.2, -0.15) is 0 Å². The van der Waals surface area contributed by atoms with Crippen molar-refractivity contribution in [1.82, 2.24) is 4.31 Å². The zero-order valence-corrected chi connectivity index (χ0v) is 11.9. The lowest BCUT2D eigenvalue weighted by molar-refractivity contribution is 0.522. The van der Waals surface area contributed by atoms with E-state index in [2.05, 4.69) is 0 Å². The molecule has 0 unspecified atom stereocenters. The Hall–Kier alpha value is -1.55. The SMILES string of the molecule is Cc1ccc(S(=O)(=O)N2/C=C\CCC/C=C\C2)cc1. The summed E-state index contributed by atoms with van der Waals surface area (Å²) in [5, 5.41) is 0. The van der Waals surface area contributed by atoms with E-state index in [1.165, 1.54) is 4.31 Å². The lowest BCUT2D eigenvalue weighted by Gasteiger charge is -2.18. The van der Waals surface area contributed by atoms with Crippen LogP contribution in [-0.2, 0) is 10.0 Å². The molecule has 1 heterocycles. The van der Waals surface area contributed by atoms with E-state index in [0.717, 1.165) is 24.8 Å². The molecule has 1 aromatic rings. The van der Waals surface area contributed by atoms with Crippen LogP contribution in [0.5, 0.6) is 0 Å². The topological polar surface area (TPSA) is 37.4 Å². The first-order chi connectivity index (χ1) is 9.10. The van der Waals surface area contributed by atoms with E-state index in [0.29, 0.717) is 11.4 Å². The van der Waals surface area contributed by atoms with Crippen LogP contribution in [0.1, 0.15) is 24.8 Å². The molecule has 102 valence electrons. The molecule has 1 aromatic carbocycles. The van der Waals surface area contributed by atoms with Gasteiger partial charge in [-0.3, -0.25) is 4.31 Å². The first-order valence-electron chi connectivity index (χ1n) is 6.51. The summed E-state index contributed by atoms with van der Waals surface area (Å²) in [5.74, 6) is 0. The minimum atomic E-state index is -3.44. The van der Waals surface area contributed by atoms with Gasteiger partial charge in [0.05, 0.1) is 11.4 Å². The number of hydrogen-bond donors (Lipinski definition) is 0. The monoisotopic (exact) mass is 277 g/mol. The Morgan fingerprint density at radius 2 is 1.68 bits per heavy atom. The van der Waals surface area contributed by atoms with Crippen molar-refractivity contribution < 1.29 is 8.42 Å². The van der Waals surface area contributed by atoms with E-state index in [1.807, 2.05) is 37.3 Å². The smallest absolute Gasteiger partial charge is 0.264 e. The molecule has 4 heteroatoms. The fourth-order valence-corrected chi connectivity index (χ4v) is 3.21. The second-order valence-corrected chi connectivity index (χ2v) is 6.57.